The first kappa shape index (κ1) is 15.5. The minimum absolute atomic E-state index is 0.0102. The fourth-order valence-corrected chi connectivity index (χ4v) is 2.96. The third-order valence-corrected chi connectivity index (χ3v) is 4.10. The third kappa shape index (κ3) is 4.30. The largest absolute Gasteiger partial charge is 0.375 e. The molecule has 0 aromatic heterocycles. The van der Waals surface area contributed by atoms with Gasteiger partial charge in [-0.05, 0) is 46.3 Å². The Balaban J connectivity index is 1.93. The number of likely N-dealkylation sites (N-methyl/N-ethyl adjacent to an activating group) is 1. The van der Waals surface area contributed by atoms with Crippen LogP contribution in [-0.4, -0.2) is 43.8 Å². The zero-order chi connectivity index (χ0) is 14.6. The van der Waals surface area contributed by atoms with Crippen LogP contribution in [0.25, 0.3) is 0 Å². The SMILES string of the molecule is CN(C)C(CNC1CCOC(C)(C)C1)c1ccccc1. The van der Waals surface area contributed by atoms with Crippen LogP contribution in [0.2, 0.25) is 0 Å². The number of hydrogen-bond acceptors (Lipinski definition) is 3. The van der Waals surface area contributed by atoms with E-state index in [1.165, 1.54) is 5.56 Å². The van der Waals surface area contributed by atoms with Crippen LogP contribution in [0.4, 0.5) is 0 Å². The van der Waals surface area contributed by atoms with E-state index in [4.69, 9.17) is 4.74 Å². The average Bonchev–Trinajstić information content (AvgIpc) is 2.38. The number of rotatable bonds is 5. The van der Waals surface area contributed by atoms with Gasteiger partial charge < -0.3 is 15.0 Å². The highest BCUT2D eigenvalue weighted by Crippen LogP contribution is 2.25. The lowest BCUT2D eigenvalue weighted by molar-refractivity contribution is -0.0633. The van der Waals surface area contributed by atoms with E-state index in [1.807, 2.05) is 0 Å². The Bertz CT molecular complexity index is 403. The number of nitrogens with one attached hydrogen (secondary N) is 1. The molecule has 1 fully saturated rings. The van der Waals surface area contributed by atoms with Crippen molar-refractivity contribution in [1.82, 2.24) is 10.2 Å². The zero-order valence-electron chi connectivity index (χ0n) is 13.2. The van der Waals surface area contributed by atoms with Gasteiger partial charge in [0.1, 0.15) is 0 Å². The van der Waals surface area contributed by atoms with Gasteiger partial charge in [0.25, 0.3) is 0 Å². The van der Waals surface area contributed by atoms with Gasteiger partial charge in [0.15, 0.2) is 0 Å². The first-order valence-electron chi connectivity index (χ1n) is 7.57. The Morgan fingerprint density at radius 2 is 2.00 bits per heavy atom. The van der Waals surface area contributed by atoms with Crippen molar-refractivity contribution >= 4 is 0 Å². The summed E-state index contributed by atoms with van der Waals surface area (Å²) in [5.41, 5.74) is 1.38. The summed E-state index contributed by atoms with van der Waals surface area (Å²) in [4.78, 5) is 2.28. The molecule has 20 heavy (non-hydrogen) atoms. The van der Waals surface area contributed by atoms with Crippen molar-refractivity contribution < 1.29 is 4.74 Å². The molecular weight excluding hydrogens is 248 g/mol. The van der Waals surface area contributed by atoms with E-state index in [-0.39, 0.29) is 5.60 Å². The topological polar surface area (TPSA) is 24.5 Å². The number of nitrogens with zero attached hydrogens (tertiary/aromatic N) is 1. The molecule has 1 aromatic rings. The van der Waals surface area contributed by atoms with E-state index in [0.29, 0.717) is 12.1 Å². The van der Waals surface area contributed by atoms with Crippen LogP contribution in [0, 0.1) is 0 Å². The van der Waals surface area contributed by atoms with Crippen LogP contribution in [0.15, 0.2) is 30.3 Å². The molecule has 2 rings (SSSR count). The molecule has 1 N–H and O–H groups in total. The van der Waals surface area contributed by atoms with Gasteiger partial charge in [-0.15, -0.1) is 0 Å². The maximum atomic E-state index is 5.78. The van der Waals surface area contributed by atoms with Crippen LogP contribution < -0.4 is 5.32 Å². The smallest absolute Gasteiger partial charge is 0.0641 e. The molecule has 3 heteroatoms. The summed E-state index contributed by atoms with van der Waals surface area (Å²) in [6.07, 6.45) is 2.19. The monoisotopic (exact) mass is 276 g/mol. The number of benzene rings is 1. The lowest BCUT2D eigenvalue weighted by Crippen LogP contribution is -2.45. The predicted octanol–water partition coefficient (Wildman–Crippen LogP) is 2.84. The second-order valence-electron chi connectivity index (χ2n) is 6.60. The van der Waals surface area contributed by atoms with Crippen LogP contribution in [0.3, 0.4) is 0 Å². The molecule has 3 nitrogen and oxygen atoms in total. The maximum absolute atomic E-state index is 5.78. The quantitative estimate of drug-likeness (QED) is 0.895. The molecule has 0 radical (unpaired) electrons. The molecule has 0 bridgehead atoms. The minimum atomic E-state index is 0.0102. The first-order valence-corrected chi connectivity index (χ1v) is 7.57. The minimum Gasteiger partial charge on any atom is -0.375 e. The Kier molecular flexibility index (Phi) is 5.19. The van der Waals surface area contributed by atoms with E-state index in [2.05, 4.69) is 68.5 Å². The highest BCUT2D eigenvalue weighted by Gasteiger charge is 2.29. The fraction of sp³-hybridized carbons (Fsp3) is 0.647. The molecule has 1 aliphatic heterocycles. The molecule has 0 saturated carbocycles. The molecule has 2 atom stereocenters. The summed E-state index contributed by atoms with van der Waals surface area (Å²) in [5.74, 6) is 0. The van der Waals surface area contributed by atoms with Crippen LogP contribution in [0.1, 0.15) is 38.3 Å². The van der Waals surface area contributed by atoms with Crippen LogP contribution >= 0.6 is 0 Å². The van der Waals surface area contributed by atoms with Crippen molar-refractivity contribution in [3.05, 3.63) is 35.9 Å². The van der Waals surface area contributed by atoms with Gasteiger partial charge in [0.05, 0.1) is 5.60 Å². The Hall–Kier alpha value is -0.900. The summed E-state index contributed by atoms with van der Waals surface area (Å²) in [7, 11) is 4.29. The summed E-state index contributed by atoms with van der Waals surface area (Å²) < 4.78 is 5.78. The van der Waals surface area contributed by atoms with E-state index in [0.717, 1.165) is 26.0 Å². The zero-order valence-corrected chi connectivity index (χ0v) is 13.2. The second-order valence-corrected chi connectivity index (χ2v) is 6.60. The number of hydrogen-bond donors (Lipinski definition) is 1. The molecule has 1 aliphatic rings. The molecule has 0 aliphatic carbocycles. The van der Waals surface area contributed by atoms with E-state index in [9.17, 15) is 0 Å². The van der Waals surface area contributed by atoms with Crippen molar-refractivity contribution in [2.75, 3.05) is 27.2 Å². The van der Waals surface area contributed by atoms with E-state index < -0.39 is 0 Å². The summed E-state index contributed by atoms with van der Waals surface area (Å²) in [6, 6.07) is 11.7. The Labute approximate surface area is 123 Å². The lowest BCUT2D eigenvalue weighted by atomic mass is 9.93. The molecule has 0 spiro atoms. The van der Waals surface area contributed by atoms with Crippen LogP contribution in [0.5, 0.6) is 0 Å². The number of ether oxygens (including phenoxy) is 1. The van der Waals surface area contributed by atoms with Crippen molar-refractivity contribution in [3.8, 4) is 0 Å². The normalized spacial score (nSPS) is 23.8. The molecular formula is C17H28N2O. The second kappa shape index (κ2) is 6.70. The van der Waals surface area contributed by atoms with E-state index in [1.54, 1.807) is 0 Å². The maximum Gasteiger partial charge on any atom is 0.0641 e. The van der Waals surface area contributed by atoms with Gasteiger partial charge in [-0.3, -0.25) is 0 Å². The first-order chi connectivity index (χ1) is 9.48. The molecule has 2 unspecified atom stereocenters. The van der Waals surface area contributed by atoms with Gasteiger partial charge in [0.2, 0.25) is 0 Å². The van der Waals surface area contributed by atoms with E-state index >= 15 is 0 Å². The van der Waals surface area contributed by atoms with Gasteiger partial charge in [-0.1, -0.05) is 30.3 Å². The standard InChI is InChI=1S/C17H28N2O/c1-17(2)12-15(10-11-20-17)18-13-16(19(3)4)14-8-6-5-7-9-14/h5-9,15-16,18H,10-13H2,1-4H3. The molecule has 1 saturated heterocycles. The van der Waals surface area contributed by atoms with Crippen molar-refractivity contribution in [2.24, 2.45) is 0 Å². The Morgan fingerprint density at radius 1 is 1.30 bits per heavy atom. The molecule has 1 aromatic carbocycles. The average molecular weight is 276 g/mol. The summed E-state index contributed by atoms with van der Waals surface area (Å²) in [5, 5.41) is 3.74. The van der Waals surface area contributed by atoms with Gasteiger partial charge in [0, 0.05) is 25.2 Å². The highest BCUT2D eigenvalue weighted by molar-refractivity contribution is 5.19. The predicted molar refractivity (Wildman–Crippen MR) is 83.9 cm³/mol. The molecule has 112 valence electrons. The highest BCUT2D eigenvalue weighted by atomic mass is 16.5. The van der Waals surface area contributed by atoms with Gasteiger partial charge in [-0.2, -0.15) is 0 Å². The lowest BCUT2D eigenvalue weighted by Gasteiger charge is -2.37. The van der Waals surface area contributed by atoms with Crippen molar-refractivity contribution in [2.45, 2.75) is 44.4 Å². The van der Waals surface area contributed by atoms with Crippen LogP contribution in [-0.2, 0) is 4.74 Å². The Morgan fingerprint density at radius 3 is 2.60 bits per heavy atom. The summed E-state index contributed by atoms with van der Waals surface area (Å²) >= 11 is 0. The van der Waals surface area contributed by atoms with Gasteiger partial charge >= 0.3 is 0 Å². The third-order valence-electron chi connectivity index (χ3n) is 4.10. The van der Waals surface area contributed by atoms with Crippen molar-refractivity contribution in [3.63, 3.8) is 0 Å². The van der Waals surface area contributed by atoms with Crippen molar-refractivity contribution in [1.29, 1.82) is 0 Å². The fourth-order valence-electron chi connectivity index (χ4n) is 2.96. The summed E-state index contributed by atoms with van der Waals surface area (Å²) in [6.45, 7) is 6.21. The molecule has 1 heterocycles. The van der Waals surface area contributed by atoms with Gasteiger partial charge in [-0.25, -0.2) is 0 Å². The molecule has 0 amide bonds.